The molecule has 1 fully saturated rings. The van der Waals surface area contributed by atoms with Crippen LogP contribution in [0.15, 0.2) is 68.7 Å². The zero-order chi connectivity index (χ0) is 25.2. The third-order valence-corrected chi connectivity index (χ3v) is 10.1. The number of sulfone groups is 1. The van der Waals surface area contributed by atoms with Crippen LogP contribution >= 0.6 is 11.3 Å². The fourth-order valence-electron chi connectivity index (χ4n) is 3.21. The zero-order valence-corrected chi connectivity index (χ0v) is 20.3. The number of benzene rings is 2. The number of anilines is 1. The lowest BCUT2D eigenvalue weighted by molar-refractivity contribution is -0.384. The Bertz CT molecular complexity index is 1480. The molecule has 1 aromatic heterocycles. The van der Waals surface area contributed by atoms with Crippen LogP contribution in [0.25, 0.3) is 0 Å². The highest BCUT2D eigenvalue weighted by Crippen LogP contribution is 2.30. The van der Waals surface area contributed by atoms with E-state index in [-0.39, 0.29) is 56.7 Å². The summed E-state index contributed by atoms with van der Waals surface area (Å²) in [5.74, 6) is -0.669. The van der Waals surface area contributed by atoms with E-state index in [0.29, 0.717) is 11.3 Å². The largest absolute Gasteiger partial charge is 0.379 e. The lowest BCUT2D eigenvalue weighted by atomic mass is 10.2. The number of nitro groups is 1. The van der Waals surface area contributed by atoms with Gasteiger partial charge in [-0.05, 0) is 30.3 Å². The number of morpholine rings is 1. The van der Waals surface area contributed by atoms with E-state index >= 15 is 0 Å². The van der Waals surface area contributed by atoms with E-state index in [4.69, 9.17) is 4.74 Å². The predicted molar refractivity (Wildman–Crippen MR) is 125 cm³/mol. The van der Waals surface area contributed by atoms with Crippen LogP contribution in [0.2, 0.25) is 0 Å². The molecule has 1 N–H and O–H groups in total. The third kappa shape index (κ3) is 5.23. The van der Waals surface area contributed by atoms with E-state index in [1.54, 1.807) is 0 Å². The van der Waals surface area contributed by atoms with Crippen LogP contribution in [-0.4, -0.2) is 63.3 Å². The number of carbonyl (C=O) groups excluding carboxylic acids is 1. The monoisotopic (exact) mass is 538 g/mol. The number of aromatic nitrogens is 1. The molecule has 4 rings (SSSR count). The highest BCUT2D eigenvalue weighted by atomic mass is 32.2. The number of nitro benzene ring substituents is 1. The highest BCUT2D eigenvalue weighted by Gasteiger charge is 2.27. The molecule has 12 nitrogen and oxygen atoms in total. The van der Waals surface area contributed by atoms with Crippen LogP contribution in [-0.2, 0) is 24.6 Å². The van der Waals surface area contributed by atoms with Gasteiger partial charge in [-0.2, -0.15) is 4.31 Å². The van der Waals surface area contributed by atoms with Crippen LogP contribution in [0.1, 0.15) is 10.4 Å². The molecule has 3 aromatic rings. The average molecular weight is 539 g/mol. The predicted octanol–water partition coefficient (Wildman–Crippen LogP) is 2.16. The number of rotatable bonds is 7. The first kappa shape index (κ1) is 24.9. The second kappa shape index (κ2) is 9.79. The number of non-ortho nitro benzene ring substituents is 1. The molecule has 0 spiro atoms. The highest BCUT2D eigenvalue weighted by molar-refractivity contribution is 7.93. The summed E-state index contributed by atoms with van der Waals surface area (Å²) in [7, 11) is -7.82. The first-order chi connectivity index (χ1) is 16.6. The van der Waals surface area contributed by atoms with Gasteiger partial charge in [0.25, 0.3) is 11.6 Å². The van der Waals surface area contributed by atoms with Crippen molar-refractivity contribution in [1.82, 2.24) is 9.29 Å². The fraction of sp³-hybridized carbons (Fsp3) is 0.200. The van der Waals surface area contributed by atoms with Gasteiger partial charge in [-0.1, -0.05) is 17.4 Å². The molecule has 2 heterocycles. The van der Waals surface area contributed by atoms with E-state index in [1.165, 1.54) is 28.6 Å². The first-order valence-corrected chi connectivity index (χ1v) is 13.8. The van der Waals surface area contributed by atoms with E-state index in [2.05, 4.69) is 10.3 Å². The first-order valence-electron chi connectivity index (χ1n) is 10.0. The van der Waals surface area contributed by atoms with Crippen LogP contribution in [0, 0.1) is 10.1 Å². The van der Waals surface area contributed by atoms with Crippen LogP contribution in [0.3, 0.4) is 0 Å². The second-order valence-corrected chi connectivity index (χ2v) is 12.4. The van der Waals surface area contributed by atoms with E-state index in [0.717, 1.165) is 30.5 Å². The smallest absolute Gasteiger partial charge is 0.269 e. The minimum absolute atomic E-state index is 0.0167. The number of carbonyl (C=O) groups is 1. The van der Waals surface area contributed by atoms with Crippen molar-refractivity contribution in [3.8, 4) is 0 Å². The normalized spacial score (nSPS) is 15.0. The van der Waals surface area contributed by atoms with Crippen molar-refractivity contribution in [3.63, 3.8) is 0 Å². The molecular weight excluding hydrogens is 520 g/mol. The molecule has 1 aliphatic heterocycles. The maximum Gasteiger partial charge on any atom is 0.269 e. The van der Waals surface area contributed by atoms with E-state index in [9.17, 15) is 31.7 Å². The summed E-state index contributed by atoms with van der Waals surface area (Å²) in [6.45, 7) is 0.997. The number of sulfonamides is 1. The quantitative estimate of drug-likeness (QED) is 0.350. The molecule has 1 amide bonds. The third-order valence-electron chi connectivity index (χ3n) is 5.03. The Balaban J connectivity index is 1.51. The Kier molecular flexibility index (Phi) is 6.95. The minimum Gasteiger partial charge on any atom is -0.379 e. The molecule has 0 unspecified atom stereocenters. The van der Waals surface area contributed by atoms with E-state index in [1.807, 2.05) is 0 Å². The van der Waals surface area contributed by atoms with Crippen molar-refractivity contribution in [1.29, 1.82) is 0 Å². The summed E-state index contributed by atoms with van der Waals surface area (Å²) >= 11 is 0.695. The molecule has 0 radical (unpaired) electrons. The average Bonchev–Trinajstić information content (AvgIpc) is 3.34. The molecule has 0 saturated carbocycles. The van der Waals surface area contributed by atoms with Crippen LogP contribution < -0.4 is 5.32 Å². The van der Waals surface area contributed by atoms with Gasteiger partial charge in [0.15, 0.2) is 5.13 Å². The van der Waals surface area contributed by atoms with Crippen molar-refractivity contribution in [3.05, 3.63) is 70.4 Å². The molecule has 35 heavy (non-hydrogen) atoms. The van der Waals surface area contributed by atoms with Crippen molar-refractivity contribution < 1.29 is 31.3 Å². The maximum absolute atomic E-state index is 12.9. The summed E-state index contributed by atoms with van der Waals surface area (Å²) in [5, 5.41) is 13.2. The number of hydrogen-bond donors (Lipinski definition) is 1. The Morgan fingerprint density at radius 2 is 1.74 bits per heavy atom. The second-order valence-electron chi connectivity index (χ2n) is 7.24. The maximum atomic E-state index is 12.9. The summed E-state index contributed by atoms with van der Waals surface area (Å²) < 4.78 is 57.6. The summed E-state index contributed by atoms with van der Waals surface area (Å²) in [5.41, 5.74) is -0.201. The van der Waals surface area contributed by atoms with Gasteiger partial charge in [-0.15, -0.1) is 0 Å². The number of nitrogens with zero attached hydrogens (tertiary/aromatic N) is 3. The number of ether oxygens (including phenoxy) is 1. The molecule has 2 aromatic carbocycles. The number of nitrogens with one attached hydrogen (secondary N) is 1. The summed E-state index contributed by atoms with van der Waals surface area (Å²) in [6, 6.07) is 9.88. The SMILES string of the molecule is O=C(Nc1ncc(S(=O)(=O)c2ccc([N+](=O)[O-])cc2)s1)c1cccc(S(=O)(=O)N2CCOCC2)c1. The van der Waals surface area contributed by atoms with Crippen LogP contribution in [0.5, 0.6) is 0 Å². The molecular formula is C20H18N4O8S3. The van der Waals surface area contributed by atoms with Gasteiger partial charge in [0, 0.05) is 30.8 Å². The Labute approximate surface area is 204 Å². The molecule has 0 aliphatic carbocycles. The summed E-state index contributed by atoms with van der Waals surface area (Å²) in [4.78, 5) is 26.6. The van der Waals surface area contributed by atoms with Gasteiger partial charge in [-0.25, -0.2) is 21.8 Å². The topological polar surface area (TPSA) is 166 Å². The van der Waals surface area contributed by atoms with Gasteiger partial charge in [0.1, 0.15) is 4.21 Å². The van der Waals surface area contributed by atoms with Crippen LogP contribution in [0.4, 0.5) is 10.8 Å². The minimum atomic E-state index is -4.01. The zero-order valence-electron chi connectivity index (χ0n) is 17.9. The van der Waals surface area contributed by atoms with Gasteiger partial charge in [0.05, 0.1) is 34.1 Å². The van der Waals surface area contributed by atoms with Gasteiger partial charge >= 0.3 is 0 Å². The molecule has 1 saturated heterocycles. The standard InChI is InChI=1S/C20H18N4O8S3/c25-19(14-2-1-3-17(12-14)35(30,31)23-8-10-32-11-9-23)22-20-21-13-18(33-20)34(28,29)16-6-4-15(5-7-16)24(26)27/h1-7,12-13H,8-11H2,(H,21,22,25). The van der Waals surface area contributed by atoms with E-state index < -0.39 is 30.7 Å². The number of hydrogen-bond acceptors (Lipinski definition) is 10. The molecule has 184 valence electrons. The van der Waals surface area contributed by atoms with Gasteiger partial charge in [-0.3, -0.25) is 20.2 Å². The van der Waals surface area contributed by atoms with Crippen molar-refractivity contribution in [2.45, 2.75) is 14.0 Å². The molecule has 0 atom stereocenters. The lowest BCUT2D eigenvalue weighted by Crippen LogP contribution is -2.40. The van der Waals surface area contributed by atoms with Crippen molar-refractivity contribution in [2.75, 3.05) is 31.6 Å². The van der Waals surface area contributed by atoms with Gasteiger partial charge < -0.3 is 4.74 Å². The molecule has 1 aliphatic rings. The lowest BCUT2D eigenvalue weighted by Gasteiger charge is -2.26. The summed E-state index contributed by atoms with van der Waals surface area (Å²) in [6.07, 6.45) is 1.07. The Hall–Kier alpha value is -3.24. The Morgan fingerprint density at radius 1 is 1.06 bits per heavy atom. The number of thiazole rings is 1. The number of amides is 1. The van der Waals surface area contributed by atoms with Crippen molar-refractivity contribution in [2.24, 2.45) is 0 Å². The Morgan fingerprint density at radius 3 is 2.40 bits per heavy atom. The molecule has 0 bridgehead atoms. The fourth-order valence-corrected chi connectivity index (χ4v) is 7.09. The molecule has 15 heteroatoms. The van der Waals surface area contributed by atoms with Gasteiger partial charge in [0.2, 0.25) is 19.9 Å². The van der Waals surface area contributed by atoms with Crippen molar-refractivity contribution >= 4 is 47.9 Å².